The van der Waals surface area contributed by atoms with E-state index in [9.17, 15) is 0 Å². The Morgan fingerprint density at radius 2 is 2.50 bits per heavy atom. The van der Waals surface area contributed by atoms with Crippen molar-refractivity contribution in [1.29, 1.82) is 0 Å². The molecule has 3 heterocycles. The van der Waals surface area contributed by atoms with Crippen molar-refractivity contribution in [3.05, 3.63) is 40.1 Å². The summed E-state index contributed by atoms with van der Waals surface area (Å²) in [7, 11) is 0. The zero-order chi connectivity index (χ0) is 11.0. The summed E-state index contributed by atoms with van der Waals surface area (Å²) in [6.07, 6.45) is 5.13. The van der Waals surface area contributed by atoms with Gasteiger partial charge in [0, 0.05) is 36.5 Å². The fourth-order valence-electron chi connectivity index (χ4n) is 2.19. The molecule has 2 aromatic rings. The summed E-state index contributed by atoms with van der Waals surface area (Å²) in [5.74, 6) is 1.16. The lowest BCUT2D eigenvalue weighted by atomic mass is 10.1. The van der Waals surface area contributed by atoms with E-state index >= 15 is 0 Å². The summed E-state index contributed by atoms with van der Waals surface area (Å²) in [5, 5.41) is 2.11. The Hall–Kier alpha value is -1.13. The minimum absolute atomic E-state index is 0.296. The number of aryl methyl sites for hydroxylation is 1. The average Bonchev–Trinajstić information content (AvgIpc) is 2.86. The van der Waals surface area contributed by atoms with Gasteiger partial charge in [0.2, 0.25) is 0 Å². The predicted octanol–water partition coefficient (Wildman–Crippen LogP) is 1.81. The topological polar surface area (TPSA) is 43.8 Å². The van der Waals surface area contributed by atoms with Crippen molar-refractivity contribution in [3.63, 3.8) is 0 Å². The second-order valence-electron chi connectivity index (χ2n) is 4.35. The normalized spacial score (nSPS) is 19.7. The predicted molar refractivity (Wildman–Crippen MR) is 65.6 cm³/mol. The zero-order valence-electron chi connectivity index (χ0n) is 9.10. The smallest absolute Gasteiger partial charge is 0.110 e. The first-order valence-corrected chi connectivity index (χ1v) is 6.52. The first kappa shape index (κ1) is 10.1. The molecule has 0 amide bonds. The van der Waals surface area contributed by atoms with E-state index in [-0.39, 0.29) is 0 Å². The Morgan fingerprint density at radius 1 is 1.56 bits per heavy atom. The lowest BCUT2D eigenvalue weighted by Crippen LogP contribution is -2.30. The van der Waals surface area contributed by atoms with Gasteiger partial charge in [-0.15, -0.1) is 11.3 Å². The van der Waals surface area contributed by atoms with E-state index < -0.39 is 0 Å². The van der Waals surface area contributed by atoms with Gasteiger partial charge in [-0.25, -0.2) is 4.98 Å². The quantitative estimate of drug-likeness (QED) is 0.859. The maximum absolute atomic E-state index is 5.94. The van der Waals surface area contributed by atoms with E-state index in [0.717, 1.165) is 31.6 Å². The number of imidazole rings is 1. The second-order valence-corrected chi connectivity index (χ2v) is 5.38. The van der Waals surface area contributed by atoms with Gasteiger partial charge in [0.15, 0.2) is 0 Å². The molecular weight excluding hydrogens is 218 g/mol. The van der Waals surface area contributed by atoms with Gasteiger partial charge in [-0.3, -0.25) is 0 Å². The van der Waals surface area contributed by atoms with Crippen LogP contribution in [0.2, 0.25) is 0 Å². The van der Waals surface area contributed by atoms with Gasteiger partial charge in [-0.1, -0.05) is 6.07 Å². The lowest BCUT2D eigenvalue weighted by Gasteiger charge is -2.18. The minimum atomic E-state index is 0.296. The molecule has 0 radical (unpaired) electrons. The van der Waals surface area contributed by atoms with Crippen molar-refractivity contribution >= 4 is 11.3 Å². The van der Waals surface area contributed by atoms with Gasteiger partial charge >= 0.3 is 0 Å². The van der Waals surface area contributed by atoms with Gasteiger partial charge in [0.1, 0.15) is 5.82 Å². The Balaban J connectivity index is 1.82. The molecule has 3 rings (SSSR count). The van der Waals surface area contributed by atoms with Crippen molar-refractivity contribution in [2.45, 2.75) is 31.8 Å². The standard InChI is InChI=1S/C12H15N3S/c13-9-3-4-15-8-10(14-12(15)6-9)7-11-2-1-5-16-11/h1-2,5,8-9H,3-4,6-7,13H2. The number of fused-ring (bicyclic) bond motifs is 1. The number of nitrogens with zero attached hydrogens (tertiary/aromatic N) is 2. The van der Waals surface area contributed by atoms with E-state index in [0.29, 0.717) is 6.04 Å². The number of rotatable bonds is 2. The summed E-state index contributed by atoms with van der Waals surface area (Å²) < 4.78 is 2.26. The van der Waals surface area contributed by atoms with Crippen molar-refractivity contribution in [2.75, 3.05) is 0 Å². The molecule has 4 heteroatoms. The average molecular weight is 233 g/mol. The van der Waals surface area contributed by atoms with Crippen LogP contribution in [0.4, 0.5) is 0 Å². The SMILES string of the molecule is NC1CCn2cc(Cc3cccs3)nc2C1. The van der Waals surface area contributed by atoms with Crippen molar-refractivity contribution in [1.82, 2.24) is 9.55 Å². The van der Waals surface area contributed by atoms with Crippen LogP contribution >= 0.6 is 11.3 Å². The van der Waals surface area contributed by atoms with Crippen LogP contribution in [-0.4, -0.2) is 15.6 Å². The summed E-state index contributed by atoms with van der Waals surface area (Å²) in [6.45, 7) is 1.02. The maximum atomic E-state index is 5.94. The molecule has 3 nitrogen and oxygen atoms in total. The third-order valence-electron chi connectivity index (χ3n) is 3.03. The third kappa shape index (κ3) is 1.90. The highest BCUT2D eigenvalue weighted by atomic mass is 32.1. The molecule has 1 aliphatic heterocycles. The summed E-state index contributed by atoms with van der Waals surface area (Å²) in [4.78, 5) is 6.04. The van der Waals surface area contributed by atoms with E-state index in [4.69, 9.17) is 5.73 Å². The first-order valence-electron chi connectivity index (χ1n) is 5.64. The van der Waals surface area contributed by atoms with Crippen molar-refractivity contribution in [2.24, 2.45) is 5.73 Å². The van der Waals surface area contributed by atoms with Gasteiger partial charge in [-0.05, 0) is 17.9 Å². The van der Waals surface area contributed by atoms with Crippen LogP contribution in [0.15, 0.2) is 23.7 Å². The number of aromatic nitrogens is 2. The lowest BCUT2D eigenvalue weighted by molar-refractivity contribution is 0.463. The number of hydrogen-bond acceptors (Lipinski definition) is 3. The molecule has 16 heavy (non-hydrogen) atoms. The molecule has 0 saturated heterocycles. The van der Waals surface area contributed by atoms with Crippen LogP contribution in [-0.2, 0) is 19.4 Å². The summed E-state index contributed by atoms with van der Waals surface area (Å²) in [6, 6.07) is 4.55. The Morgan fingerprint density at radius 3 is 3.31 bits per heavy atom. The zero-order valence-corrected chi connectivity index (χ0v) is 9.91. The van der Waals surface area contributed by atoms with Crippen LogP contribution in [0.5, 0.6) is 0 Å². The second kappa shape index (κ2) is 4.03. The molecule has 0 fully saturated rings. The number of thiophene rings is 1. The van der Waals surface area contributed by atoms with E-state index in [1.807, 2.05) is 0 Å². The van der Waals surface area contributed by atoms with Crippen LogP contribution < -0.4 is 5.73 Å². The molecule has 84 valence electrons. The third-order valence-corrected chi connectivity index (χ3v) is 3.91. The summed E-state index contributed by atoms with van der Waals surface area (Å²) in [5.41, 5.74) is 7.12. The van der Waals surface area contributed by atoms with Crippen LogP contribution in [0.25, 0.3) is 0 Å². The van der Waals surface area contributed by atoms with Crippen LogP contribution in [0, 0.1) is 0 Å². The van der Waals surface area contributed by atoms with Crippen molar-refractivity contribution in [3.8, 4) is 0 Å². The molecule has 0 saturated carbocycles. The molecule has 0 bridgehead atoms. The summed E-state index contributed by atoms with van der Waals surface area (Å²) >= 11 is 1.79. The van der Waals surface area contributed by atoms with E-state index in [2.05, 4.69) is 33.3 Å². The molecule has 0 aliphatic carbocycles. The molecule has 2 aromatic heterocycles. The van der Waals surface area contributed by atoms with Gasteiger partial charge in [0.05, 0.1) is 5.69 Å². The van der Waals surface area contributed by atoms with Crippen molar-refractivity contribution < 1.29 is 0 Å². The first-order chi connectivity index (χ1) is 7.81. The van der Waals surface area contributed by atoms with E-state index in [1.165, 1.54) is 10.6 Å². The fourth-order valence-corrected chi connectivity index (χ4v) is 2.91. The maximum Gasteiger partial charge on any atom is 0.110 e. The van der Waals surface area contributed by atoms with Crippen LogP contribution in [0.3, 0.4) is 0 Å². The Kier molecular flexibility index (Phi) is 2.53. The highest BCUT2D eigenvalue weighted by Gasteiger charge is 2.17. The van der Waals surface area contributed by atoms with Gasteiger partial charge < -0.3 is 10.3 Å². The molecular formula is C12H15N3S. The monoisotopic (exact) mass is 233 g/mol. The Bertz CT molecular complexity index is 472. The molecule has 2 N–H and O–H groups in total. The fraction of sp³-hybridized carbons (Fsp3) is 0.417. The minimum Gasteiger partial charge on any atom is -0.335 e. The van der Waals surface area contributed by atoms with Gasteiger partial charge in [-0.2, -0.15) is 0 Å². The largest absolute Gasteiger partial charge is 0.335 e. The van der Waals surface area contributed by atoms with Crippen LogP contribution in [0.1, 0.15) is 22.8 Å². The molecule has 1 aliphatic rings. The van der Waals surface area contributed by atoms with Gasteiger partial charge in [0.25, 0.3) is 0 Å². The molecule has 0 spiro atoms. The van der Waals surface area contributed by atoms with E-state index in [1.54, 1.807) is 11.3 Å². The Labute approximate surface area is 98.9 Å². The molecule has 1 atom stereocenters. The number of hydrogen-bond donors (Lipinski definition) is 1. The highest BCUT2D eigenvalue weighted by molar-refractivity contribution is 7.09. The highest BCUT2D eigenvalue weighted by Crippen LogP contribution is 2.18. The number of nitrogens with two attached hydrogens (primary N) is 1. The molecule has 0 aromatic carbocycles. The molecule has 1 unspecified atom stereocenters.